The van der Waals surface area contributed by atoms with Crippen LogP contribution in [0.4, 0.5) is 5.69 Å². The van der Waals surface area contributed by atoms with Gasteiger partial charge in [-0.25, -0.2) is 8.42 Å². The molecule has 3 rings (SSSR count). The van der Waals surface area contributed by atoms with Crippen LogP contribution in [0.1, 0.15) is 21.5 Å². The molecule has 1 saturated heterocycles. The lowest BCUT2D eigenvalue weighted by Crippen LogP contribution is -2.40. The largest absolute Gasteiger partial charge is 0.379 e. The smallest absolute Gasteiger partial charge is 0.258 e. The van der Waals surface area contributed by atoms with Crippen molar-refractivity contribution in [2.75, 3.05) is 38.3 Å². The lowest BCUT2D eigenvalue weighted by molar-refractivity contribution is 0.0730. The van der Waals surface area contributed by atoms with Crippen LogP contribution >= 0.6 is 0 Å². The summed E-state index contributed by atoms with van der Waals surface area (Å²) in [6.45, 7) is 5.36. The molecule has 1 fully saturated rings. The number of hydrogen-bond donors (Lipinski definition) is 0. The lowest BCUT2D eigenvalue weighted by Gasteiger charge is -2.26. The van der Waals surface area contributed by atoms with Crippen molar-refractivity contribution < 1.29 is 17.9 Å². The maximum absolute atomic E-state index is 12.9. The van der Waals surface area contributed by atoms with Gasteiger partial charge in [-0.15, -0.1) is 0 Å². The van der Waals surface area contributed by atoms with Crippen LogP contribution in [-0.4, -0.2) is 52.0 Å². The number of morpholine rings is 1. The number of carbonyl (C=O) groups is 1. The zero-order chi connectivity index (χ0) is 19.6. The minimum Gasteiger partial charge on any atom is -0.379 e. The average Bonchev–Trinajstić information content (AvgIpc) is 2.67. The highest BCUT2D eigenvalue weighted by atomic mass is 32.2. The molecular weight excluding hydrogens is 364 g/mol. The molecule has 0 spiro atoms. The van der Waals surface area contributed by atoms with Crippen molar-refractivity contribution in [1.29, 1.82) is 0 Å². The highest BCUT2D eigenvalue weighted by Crippen LogP contribution is 2.22. The van der Waals surface area contributed by atoms with Crippen molar-refractivity contribution in [3.05, 3.63) is 59.2 Å². The van der Waals surface area contributed by atoms with Crippen LogP contribution in [0.5, 0.6) is 0 Å². The Hall–Kier alpha value is -2.22. The Balaban J connectivity index is 1.89. The van der Waals surface area contributed by atoms with Gasteiger partial charge in [0.15, 0.2) is 0 Å². The maximum Gasteiger partial charge on any atom is 0.258 e. The zero-order valence-corrected chi connectivity index (χ0v) is 16.6. The summed E-state index contributed by atoms with van der Waals surface area (Å²) in [7, 11) is -1.95. The summed E-state index contributed by atoms with van der Waals surface area (Å²) >= 11 is 0. The minimum absolute atomic E-state index is 0.129. The fraction of sp³-hybridized carbons (Fsp3) is 0.350. The Kier molecular flexibility index (Phi) is 5.64. The lowest BCUT2D eigenvalue weighted by atomic mass is 10.1. The molecule has 0 aromatic heterocycles. The quantitative estimate of drug-likeness (QED) is 0.808. The van der Waals surface area contributed by atoms with Crippen LogP contribution < -0.4 is 4.90 Å². The average molecular weight is 388 g/mol. The van der Waals surface area contributed by atoms with Gasteiger partial charge in [0.05, 0.1) is 18.1 Å². The molecule has 0 unspecified atom stereocenters. The third-order valence-corrected chi connectivity index (χ3v) is 6.48. The van der Waals surface area contributed by atoms with E-state index in [0.717, 1.165) is 16.8 Å². The molecule has 2 aromatic carbocycles. The molecule has 1 amide bonds. The van der Waals surface area contributed by atoms with Crippen molar-refractivity contribution in [3.63, 3.8) is 0 Å². The van der Waals surface area contributed by atoms with Gasteiger partial charge in [0.1, 0.15) is 0 Å². The van der Waals surface area contributed by atoms with Gasteiger partial charge in [-0.05, 0) is 55.3 Å². The molecule has 1 aliphatic rings. The number of ether oxygens (including phenoxy) is 1. The van der Waals surface area contributed by atoms with Crippen molar-refractivity contribution in [1.82, 2.24) is 4.31 Å². The van der Waals surface area contributed by atoms with Gasteiger partial charge in [0.2, 0.25) is 10.0 Å². The number of sulfonamides is 1. The van der Waals surface area contributed by atoms with Crippen LogP contribution in [0.2, 0.25) is 0 Å². The van der Waals surface area contributed by atoms with Gasteiger partial charge in [0, 0.05) is 31.4 Å². The predicted octanol–water partition coefficient (Wildman–Crippen LogP) is 2.60. The van der Waals surface area contributed by atoms with Gasteiger partial charge in [-0.1, -0.05) is 12.1 Å². The Bertz CT molecular complexity index is 930. The van der Waals surface area contributed by atoms with Crippen LogP contribution in [0, 0.1) is 13.8 Å². The molecule has 27 heavy (non-hydrogen) atoms. The highest BCUT2D eigenvalue weighted by Gasteiger charge is 2.27. The molecule has 6 nitrogen and oxygen atoms in total. The number of amides is 1. The van der Waals surface area contributed by atoms with Crippen molar-refractivity contribution >= 4 is 21.6 Å². The van der Waals surface area contributed by atoms with E-state index in [-0.39, 0.29) is 10.8 Å². The van der Waals surface area contributed by atoms with E-state index in [1.54, 1.807) is 24.1 Å². The monoisotopic (exact) mass is 388 g/mol. The molecule has 144 valence electrons. The van der Waals surface area contributed by atoms with E-state index in [9.17, 15) is 13.2 Å². The Labute approximate surface area is 160 Å². The molecule has 0 N–H and O–H groups in total. The van der Waals surface area contributed by atoms with E-state index in [0.29, 0.717) is 31.9 Å². The number of nitrogens with zero attached hydrogens (tertiary/aromatic N) is 2. The van der Waals surface area contributed by atoms with Crippen LogP contribution in [-0.2, 0) is 14.8 Å². The Morgan fingerprint density at radius 2 is 1.67 bits per heavy atom. The molecule has 0 bridgehead atoms. The summed E-state index contributed by atoms with van der Waals surface area (Å²) in [5.41, 5.74) is 3.24. The Morgan fingerprint density at radius 1 is 1.04 bits per heavy atom. The van der Waals surface area contributed by atoms with E-state index in [1.165, 1.54) is 16.4 Å². The van der Waals surface area contributed by atoms with Gasteiger partial charge < -0.3 is 9.64 Å². The molecule has 1 heterocycles. The number of rotatable bonds is 4. The third-order valence-electron chi connectivity index (χ3n) is 4.59. The molecule has 7 heteroatoms. The summed E-state index contributed by atoms with van der Waals surface area (Å²) in [5, 5.41) is 0. The van der Waals surface area contributed by atoms with Gasteiger partial charge in [-0.3, -0.25) is 4.79 Å². The second-order valence-electron chi connectivity index (χ2n) is 6.75. The minimum atomic E-state index is -3.64. The molecule has 0 radical (unpaired) electrons. The van der Waals surface area contributed by atoms with E-state index in [4.69, 9.17) is 4.74 Å². The number of hydrogen-bond acceptors (Lipinski definition) is 4. The zero-order valence-electron chi connectivity index (χ0n) is 15.8. The summed E-state index contributed by atoms with van der Waals surface area (Å²) in [5.74, 6) is -0.251. The van der Waals surface area contributed by atoms with Gasteiger partial charge >= 0.3 is 0 Å². The summed E-state index contributed by atoms with van der Waals surface area (Å²) < 4.78 is 32.3. The fourth-order valence-electron chi connectivity index (χ4n) is 3.18. The standard InChI is InChI=1S/C20H24N2O4S/c1-15-11-16(2)13-18(12-15)21(3)20(23)17-5-4-6-19(14-17)27(24,25)22-7-9-26-10-8-22/h4-6,11-14H,7-10H2,1-3H3. The van der Waals surface area contributed by atoms with E-state index in [1.807, 2.05) is 32.0 Å². The van der Waals surface area contributed by atoms with Crippen molar-refractivity contribution in [2.45, 2.75) is 18.7 Å². The summed E-state index contributed by atoms with van der Waals surface area (Å²) in [6, 6.07) is 12.1. The van der Waals surface area contributed by atoms with Crippen LogP contribution in [0.25, 0.3) is 0 Å². The second kappa shape index (κ2) is 7.80. The number of benzene rings is 2. The first-order valence-electron chi connectivity index (χ1n) is 8.83. The van der Waals surface area contributed by atoms with Crippen molar-refractivity contribution in [2.24, 2.45) is 0 Å². The van der Waals surface area contributed by atoms with Crippen molar-refractivity contribution in [3.8, 4) is 0 Å². The van der Waals surface area contributed by atoms with Gasteiger partial charge in [0.25, 0.3) is 5.91 Å². The SMILES string of the molecule is Cc1cc(C)cc(N(C)C(=O)c2cccc(S(=O)(=O)N3CCOCC3)c2)c1. The molecular formula is C20H24N2O4S. The number of anilines is 1. The van der Waals surface area contributed by atoms with E-state index >= 15 is 0 Å². The molecule has 2 aromatic rings. The highest BCUT2D eigenvalue weighted by molar-refractivity contribution is 7.89. The normalized spacial score (nSPS) is 15.5. The topological polar surface area (TPSA) is 66.9 Å². The molecule has 0 saturated carbocycles. The van der Waals surface area contributed by atoms with E-state index in [2.05, 4.69) is 0 Å². The van der Waals surface area contributed by atoms with Crippen LogP contribution in [0.15, 0.2) is 47.4 Å². The van der Waals surface area contributed by atoms with E-state index < -0.39 is 10.0 Å². The van der Waals surface area contributed by atoms with Gasteiger partial charge in [-0.2, -0.15) is 4.31 Å². The third kappa shape index (κ3) is 4.21. The predicted molar refractivity (Wildman–Crippen MR) is 105 cm³/mol. The number of aryl methyl sites for hydroxylation is 2. The summed E-state index contributed by atoms with van der Waals surface area (Å²) in [4.78, 5) is 14.6. The summed E-state index contributed by atoms with van der Waals surface area (Å²) in [6.07, 6.45) is 0. The first-order chi connectivity index (χ1) is 12.8. The second-order valence-corrected chi connectivity index (χ2v) is 8.69. The number of carbonyl (C=O) groups excluding carboxylic acids is 1. The molecule has 0 atom stereocenters. The Morgan fingerprint density at radius 3 is 2.30 bits per heavy atom. The first kappa shape index (κ1) is 19.5. The maximum atomic E-state index is 12.9. The first-order valence-corrected chi connectivity index (χ1v) is 10.3. The molecule has 1 aliphatic heterocycles. The van der Waals surface area contributed by atoms with Crippen LogP contribution in [0.3, 0.4) is 0 Å². The molecule has 0 aliphatic carbocycles. The fourth-order valence-corrected chi connectivity index (χ4v) is 4.64.